The lowest BCUT2D eigenvalue weighted by Gasteiger charge is -2.39. The van der Waals surface area contributed by atoms with Crippen LogP contribution in [-0.4, -0.2) is 84.2 Å². The predicted molar refractivity (Wildman–Crippen MR) is 80.4 cm³/mol. The Labute approximate surface area is 136 Å². The number of aliphatic hydroxyl groups is 2. The van der Waals surface area contributed by atoms with Crippen molar-refractivity contribution in [3.8, 4) is 0 Å². The van der Waals surface area contributed by atoms with Crippen LogP contribution in [-0.2, 0) is 13.3 Å². The van der Waals surface area contributed by atoms with Crippen molar-refractivity contribution in [1.29, 1.82) is 0 Å². The summed E-state index contributed by atoms with van der Waals surface area (Å²) in [4.78, 5) is 0. The second kappa shape index (κ2) is 12.8. The SMILES string of the molecule is CC[N+](CCCO)(CCCO)CC[Si](OC)(OC)OC.[Cl-]. The van der Waals surface area contributed by atoms with Gasteiger partial charge in [0.25, 0.3) is 0 Å². The first-order valence-corrected chi connectivity index (χ1v) is 9.23. The van der Waals surface area contributed by atoms with E-state index in [9.17, 15) is 0 Å². The number of hydrogen-bond donors (Lipinski definition) is 2. The van der Waals surface area contributed by atoms with E-state index in [1.807, 2.05) is 0 Å². The fourth-order valence-electron chi connectivity index (χ4n) is 2.55. The molecule has 21 heavy (non-hydrogen) atoms. The van der Waals surface area contributed by atoms with Crippen LogP contribution >= 0.6 is 0 Å². The summed E-state index contributed by atoms with van der Waals surface area (Å²) in [5.74, 6) is 0. The number of quaternary nitrogens is 1. The van der Waals surface area contributed by atoms with E-state index in [1.165, 1.54) is 0 Å². The van der Waals surface area contributed by atoms with Gasteiger partial charge in [-0.25, -0.2) is 0 Å². The molecular formula is C13H32ClNO5Si. The average Bonchev–Trinajstić information content (AvgIpc) is 2.51. The van der Waals surface area contributed by atoms with Gasteiger partial charge in [0, 0.05) is 47.4 Å². The highest BCUT2D eigenvalue weighted by molar-refractivity contribution is 6.60. The van der Waals surface area contributed by atoms with Gasteiger partial charge in [-0.3, -0.25) is 0 Å². The molecule has 8 heteroatoms. The fraction of sp³-hybridized carbons (Fsp3) is 1.00. The molecule has 0 fully saturated rings. The molecule has 0 aromatic heterocycles. The molecular weight excluding hydrogens is 314 g/mol. The first-order valence-electron chi connectivity index (χ1n) is 7.30. The number of nitrogens with zero attached hydrogens (tertiary/aromatic N) is 1. The standard InChI is InChI=1S/C13H32NO5Si.ClH/c1-5-14(8-6-11-15,9-7-12-16)10-13-20(17-2,18-3)19-4;/h15-16H,5-13H2,1-4H3;1H/q+1;/p-1. The maximum absolute atomic E-state index is 9.09. The van der Waals surface area contributed by atoms with E-state index in [0.717, 1.165) is 49.5 Å². The molecule has 0 heterocycles. The minimum Gasteiger partial charge on any atom is -1.00 e. The molecule has 0 aliphatic rings. The van der Waals surface area contributed by atoms with E-state index in [-0.39, 0.29) is 25.6 Å². The molecule has 0 amide bonds. The minimum atomic E-state index is -2.56. The van der Waals surface area contributed by atoms with E-state index in [4.69, 9.17) is 23.5 Å². The third kappa shape index (κ3) is 7.90. The molecule has 0 aromatic rings. The summed E-state index contributed by atoms with van der Waals surface area (Å²) >= 11 is 0. The van der Waals surface area contributed by atoms with Crippen LogP contribution < -0.4 is 12.4 Å². The van der Waals surface area contributed by atoms with Gasteiger partial charge in [-0.2, -0.15) is 0 Å². The summed E-state index contributed by atoms with van der Waals surface area (Å²) in [7, 11) is 2.32. The topological polar surface area (TPSA) is 68.2 Å². The lowest BCUT2D eigenvalue weighted by molar-refractivity contribution is -0.925. The molecule has 0 aliphatic heterocycles. The molecule has 0 atom stereocenters. The average molecular weight is 346 g/mol. The lowest BCUT2D eigenvalue weighted by atomic mass is 10.2. The molecule has 0 radical (unpaired) electrons. The number of halogens is 1. The maximum atomic E-state index is 9.09. The Balaban J connectivity index is 0. The Hall–Kier alpha value is 0.267. The minimum absolute atomic E-state index is 0. The van der Waals surface area contributed by atoms with Gasteiger partial charge in [-0.05, 0) is 6.92 Å². The summed E-state index contributed by atoms with van der Waals surface area (Å²) in [5.41, 5.74) is 0. The Bertz CT molecular complexity index is 228. The van der Waals surface area contributed by atoms with Gasteiger partial charge in [-0.1, -0.05) is 0 Å². The van der Waals surface area contributed by atoms with Crippen molar-refractivity contribution < 1.29 is 40.4 Å². The molecule has 0 rings (SSSR count). The van der Waals surface area contributed by atoms with Crippen LogP contribution in [0.3, 0.4) is 0 Å². The van der Waals surface area contributed by atoms with Crippen LogP contribution in [0.25, 0.3) is 0 Å². The van der Waals surface area contributed by atoms with Crippen LogP contribution in [0, 0.1) is 0 Å². The van der Waals surface area contributed by atoms with Crippen LogP contribution in [0.15, 0.2) is 0 Å². The smallest absolute Gasteiger partial charge is 0.505 e. The predicted octanol–water partition coefficient (Wildman–Crippen LogP) is -2.53. The van der Waals surface area contributed by atoms with Crippen molar-refractivity contribution in [3.05, 3.63) is 0 Å². The van der Waals surface area contributed by atoms with Crippen LogP contribution in [0.4, 0.5) is 0 Å². The Morgan fingerprint density at radius 2 is 1.29 bits per heavy atom. The van der Waals surface area contributed by atoms with Gasteiger partial charge in [0.1, 0.15) is 0 Å². The molecule has 0 spiro atoms. The molecule has 0 saturated carbocycles. The summed E-state index contributed by atoms with van der Waals surface area (Å²) in [6, 6.07) is 0.737. The van der Waals surface area contributed by atoms with Gasteiger partial charge in [0.2, 0.25) is 0 Å². The van der Waals surface area contributed by atoms with E-state index >= 15 is 0 Å². The summed E-state index contributed by atoms with van der Waals surface area (Å²) in [5, 5.41) is 18.2. The fourth-order valence-corrected chi connectivity index (χ4v) is 4.41. The van der Waals surface area contributed by atoms with Crippen LogP contribution in [0.2, 0.25) is 6.04 Å². The van der Waals surface area contributed by atoms with Gasteiger partial charge in [-0.15, -0.1) is 0 Å². The monoisotopic (exact) mass is 345 g/mol. The molecule has 0 aliphatic carbocycles. The summed E-state index contributed by atoms with van der Waals surface area (Å²) < 4.78 is 17.3. The van der Waals surface area contributed by atoms with Crippen molar-refractivity contribution in [3.63, 3.8) is 0 Å². The van der Waals surface area contributed by atoms with Crippen LogP contribution in [0.1, 0.15) is 19.8 Å². The zero-order valence-corrected chi connectivity index (χ0v) is 15.6. The van der Waals surface area contributed by atoms with Crippen molar-refractivity contribution in [1.82, 2.24) is 0 Å². The van der Waals surface area contributed by atoms with Crippen molar-refractivity contribution >= 4 is 8.80 Å². The molecule has 0 saturated heterocycles. The Morgan fingerprint density at radius 3 is 1.57 bits per heavy atom. The first-order chi connectivity index (χ1) is 9.57. The number of aliphatic hydroxyl groups excluding tert-OH is 2. The second-order valence-electron chi connectivity index (χ2n) is 5.03. The van der Waals surface area contributed by atoms with Crippen molar-refractivity contribution in [2.45, 2.75) is 25.8 Å². The third-order valence-electron chi connectivity index (χ3n) is 4.08. The maximum Gasteiger partial charge on any atom is 0.505 e. The van der Waals surface area contributed by atoms with Gasteiger partial charge in [0.15, 0.2) is 0 Å². The summed E-state index contributed by atoms with van der Waals surface area (Å²) in [6.07, 6.45) is 1.53. The highest BCUT2D eigenvalue weighted by Gasteiger charge is 2.41. The zero-order chi connectivity index (χ0) is 15.5. The van der Waals surface area contributed by atoms with E-state index in [0.29, 0.717) is 0 Å². The molecule has 2 N–H and O–H groups in total. The third-order valence-corrected chi connectivity index (χ3v) is 6.78. The quantitative estimate of drug-likeness (QED) is 0.285. The van der Waals surface area contributed by atoms with Crippen molar-refractivity contribution in [2.75, 3.05) is 60.7 Å². The van der Waals surface area contributed by atoms with E-state index < -0.39 is 8.80 Å². The lowest BCUT2D eigenvalue weighted by Crippen LogP contribution is -3.00. The molecule has 0 unspecified atom stereocenters. The van der Waals surface area contributed by atoms with E-state index in [1.54, 1.807) is 21.3 Å². The Morgan fingerprint density at radius 1 is 0.857 bits per heavy atom. The zero-order valence-electron chi connectivity index (χ0n) is 13.8. The van der Waals surface area contributed by atoms with E-state index in [2.05, 4.69) is 6.92 Å². The van der Waals surface area contributed by atoms with Gasteiger partial charge < -0.3 is 40.4 Å². The Kier molecular flexibility index (Phi) is 14.3. The van der Waals surface area contributed by atoms with Crippen LogP contribution in [0.5, 0.6) is 0 Å². The molecule has 0 aromatic carbocycles. The van der Waals surface area contributed by atoms with Gasteiger partial charge in [0.05, 0.1) is 32.2 Å². The van der Waals surface area contributed by atoms with Gasteiger partial charge >= 0.3 is 8.80 Å². The number of rotatable bonds is 13. The van der Waals surface area contributed by atoms with Crippen molar-refractivity contribution in [2.24, 2.45) is 0 Å². The molecule has 130 valence electrons. The first kappa shape index (κ1) is 23.5. The second-order valence-corrected chi connectivity index (χ2v) is 8.12. The normalized spacial score (nSPS) is 12.3. The molecule has 0 bridgehead atoms. The molecule has 6 nitrogen and oxygen atoms in total. The summed E-state index contributed by atoms with van der Waals surface area (Å²) in [6.45, 7) is 6.16. The highest BCUT2D eigenvalue weighted by atomic mass is 35.5. The largest absolute Gasteiger partial charge is 1.00 e. The number of hydrogen-bond acceptors (Lipinski definition) is 5. The highest BCUT2D eigenvalue weighted by Crippen LogP contribution is 2.19.